The molecule has 42 heavy (non-hydrogen) atoms. The van der Waals surface area contributed by atoms with E-state index < -0.39 is 0 Å². The summed E-state index contributed by atoms with van der Waals surface area (Å²) in [6, 6.07) is 21.7. The molecule has 1 unspecified atom stereocenters. The SMILES string of the molecule is Cc1ccc(C(Nc2ccc3c(c2)Sc2cccc(-c4cc(N5CCOCC5)cc(=O)[nH]4)c2S3)[C@@H]2CCCN2C)nc1. The fourth-order valence-electron chi connectivity index (χ4n) is 6.15. The van der Waals surface area contributed by atoms with Crippen molar-refractivity contribution < 1.29 is 4.74 Å². The standard InChI is InChI=1S/C33H35N5O2S2/c1-21-8-10-25(34-20-21)32(27-6-4-12-37(27)2)35-22-9-11-28-30(17-22)41-29-7-3-5-24(33(29)42-28)26-18-23(19-31(39)36-26)38-13-15-40-16-14-38/h3,5,7-11,17-20,27,32,35H,4,6,12-16H2,1-2H3,(H,36,39)/t27-,32?/m0/s1. The molecule has 2 saturated heterocycles. The molecular formula is C33H35N5O2S2. The highest BCUT2D eigenvalue weighted by Gasteiger charge is 2.32. The van der Waals surface area contributed by atoms with Crippen molar-refractivity contribution in [1.82, 2.24) is 14.9 Å². The van der Waals surface area contributed by atoms with E-state index >= 15 is 0 Å². The van der Waals surface area contributed by atoms with E-state index in [9.17, 15) is 4.79 Å². The van der Waals surface area contributed by atoms with E-state index in [1.807, 2.05) is 6.20 Å². The first kappa shape index (κ1) is 27.6. The molecule has 216 valence electrons. The van der Waals surface area contributed by atoms with E-state index in [2.05, 4.69) is 88.7 Å². The van der Waals surface area contributed by atoms with Gasteiger partial charge in [0.2, 0.25) is 5.56 Å². The molecule has 2 atom stereocenters. The largest absolute Gasteiger partial charge is 0.378 e. The van der Waals surface area contributed by atoms with Gasteiger partial charge in [-0.25, -0.2) is 0 Å². The zero-order valence-electron chi connectivity index (χ0n) is 23.9. The zero-order valence-corrected chi connectivity index (χ0v) is 25.6. The summed E-state index contributed by atoms with van der Waals surface area (Å²) in [6.07, 6.45) is 4.34. The highest BCUT2D eigenvalue weighted by molar-refractivity contribution is 8.05. The second-order valence-corrected chi connectivity index (χ2v) is 13.4. The molecular weight excluding hydrogens is 563 g/mol. The van der Waals surface area contributed by atoms with E-state index in [1.54, 1.807) is 29.6 Å². The molecule has 4 aromatic rings. The van der Waals surface area contributed by atoms with Crippen molar-refractivity contribution in [3.8, 4) is 11.3 Å². The van der Waals surface area contributed by atoms with Crippen LogP contribution in [0.25, 0.3) is 11.3 Å². The summed E-state index contributed by atoms with van der Waals surface area (Å²) in [5.41, 5.74) is 6.14. The number of aromatic amines is 1. The van der Waals surface area contributed by atoms with Gasteiger partial charge in [-0.2, -0.15) is 0 Å². The van der Waals surface area contributed by atoms with Crippen LogP contribution in [0.4, 0.5) is 11.4 Å². The first-order chi connectivity index (χ1) is 20.5. The van der Waals surface area contributed by atoms with Crippen molar-refractivity contribution in [2.75, 3.05) is 50.1 Å². The van der Waals surface area contributed by atoms with Crippen LogP contribution in [0.15, 0.2) is 91.2 Å². The summed E-state index contributed by atoms with van der Waals surface area (Å²) < 4.78 is 5.52. The molecule has 0 spiro atoms. The van der Waals surface area contributed by atoms with Crippen LogP contribution in [0.3, 0.4) is 0 Å². The number of benzene rings is 2. The number of morpholine rings is 1. The Morgan fingerprint density at radius 2 is 1.88 bits per heavy atom. The third-order valence-electron chi connectivity index (χ3n) is 8.39. The lowest BCUT2D eigenvalue weighted by Gasteiger charge is -2.31. The maximum absolute atomic E-state index is 12.7. The Morgan fingerprint density at radius 3 is 2.67 bits per heavy atom. The molecule has 5 heterocycles. The summed E-state index contributed by atoms with van der Waals surface area (Å²) in [5, 5.41) is 3.86. The number of H-pyrrole nitrogens is 1. The third kappa shape index (κ3) is 5.58. The van der Waals surface area contributed by atoms with Crippen LogP contribution < -0.4 is 15.8 Å². The summed E-state index contributed by atoms with van der Waals surface area (Å²) in [5.74, 6) is 0. The number of rotatable bonds is 6. The molecule has 3 aliphatic rings. The van der Waals surface area contributed by atoms with Crippen molar-refractivity contribution in [2.24, 2.45) is 0 Å². The van der Waals surface area contributed by atoms with E-state index in [-0.39, 0.29) is 11.6 Å². The van der Waals surface area contributed by atoms with Crippen molar-refractivity contribution in [2.45, 2.75) is 51.4 Å². The Balaban J connectivity index is 1.17. The minimum Gasteiger partial charge on any atom is -0.378 e. The van der Waals surface area contributed by atoms with Gasteiger partial charge in [0.1, 0.15) is 0 Å². The number of ether oxygens (including phenoxy) is 1. The molecule has 0 radical (unpaired) electrons. The van der Waals surface area contributed by atoms with Gasteiger partial charge in [0.25, 0.3) is 0 Å². The number of likely N-dealkylation sites (tertiary alicyclic amines) is 1. The van der Waals surface area contributed by atoms with Gasteiger partial charge in [-0.05, 0) is 75.3 Å². The number of nitrogens with zero attached hydrogens (tertiary/aromatic N) is 3. The number of hydrogen-bond donors (Lipinski definition) is 2. The summed E-state index contributed by atoms with van der Waals surface area (Å²) >= 11 is 3.57. The fraction of sp³-hybridized carbons (Fsp3) is 0.333. The molecule has 7 nitrogen and oxygen atoms in total. The predicted molar refractivity (Wildman–Crippen MR) is 171 cm³/mol. The second-order valence-electron chi connectivity index (χ2n) is 11.3. The topological polar surface area (TPSA) is 73.5 Å². The molecule has 7 rings (SSSR count). The minimum absolute atomic E-state index is 0.0818. The summed E-state index contributed by atoms with van der Waals surface area (Å²) in [7, 11) is 2.22. The molecule has 2 fully saturated rings. The van der Waals surface area contributed by atoms with E-state index in [0.29, 0.717) is 19.3 Å². The van der Waals surface area contributed by atoms with Crippen LogP contribution in [0.5, 0.6) is 0 Å². The molecule has 0 saturated carbocycles. The van der Waals surface area contributed by atoms with Gasteiger partial charge in [-0.15, -0.1) is 0 Å². The van der Waals surface area contributed by atoms with Crippen molar-refractivity contribution in [1.29, 1.82) is 0 Å². The number of aromatic nitrogens is 2. The van der Waals surface area contributed by atoms with Gasteiger partial charge in [-0.1, -0.05) is 41.7 Å². The summed E-state index contributed by atoms with van der Waals surface area (Å²) in [6.45, 7) is 6.15. The molecule has 2 N–H and O–H groups in total. The third-order valence-corrected chi connectivity index (χ3v) is 11.0. The molecule has 3 aliphatic heterocycles. The van der Waals surface area contributed by atoms with Gasteiger partial charge in [-0.3, -0.25) is 9.78 Å². The lowest BCUT2D eigenvalue weighted by Crippen LogP contribution is -2.36. The number of anilines is 2. The smallest absolute Gasteiger partial charge is 0.250 e. The maximum atomic E-state index is 12.7. The maximum Gasteiger partial charge on any atom is 0.250 e. The van der Waals surface area contributed by atoms with Crippen molar-refractivity contribution >= 4 is 34.9 Å². The van der Waals surface area contributed by atoms with Crippen LogP contribution in [0.1, 0.15) is 30.1 Å². The van der Waals surface area contributed by atoms with Gasteiger partial charge in [0.15, 0.2) is 0 Å². The number of nitrogens with one attached hydrogen (secondary N) is 2. The number of pyridine rings is 2. The Labute approximate surface area is 255 Å². The van der Waals surface area contributed by atoms with Gasteiger partial charge >= 0.3 is 0 Å². The number of likely N-dealkylation sites (N-methyl/N-ethyl adjacent to an activating group) is 1. The zero-order chi connectivity index (χ0) is 28.6. The molecule has 0 aliphatic carbocycles. The number of hydrogen-bond acceptors (Lipinski definition) is 8. The van der Waals surface area contributed by atoms with Crippen LogP contribution in [-0.2, 0) is 4.74 Å². The monoisotopic (exact) mass is 597 g/mol. The molecule has 2 aromatic heterocycles. The lowest BCUT2D eigenvalue weighted by atomic mass is 10.0. The highest BCUT2D eigenvalue weighted by Crippen LogP contribution is 2.52. The molecule has 0 bridgehead atoms. The van der Waals surface area contributed by atoms with E-state index in [4.69, 9.17) is 9.72 Å². The Kier molecular flexibility index (Phi) is 7.75. The highest BCUT2D eigenvalue weighted by atomic mass is 32.2. The second kappa shape index (κ2) is 11.8. The molecule has 2 aromatic carbocycles. The van der Waals surface area contributed by atoms with Crippen molar-refractivity contribution in [3.05, 3.63) is 88.5 Å². The summed E-state index contributed by atoms with van der Waals surface area (Å²) in [4.78, 5) is 30.2. The Hall–Kier alpha value is -3.24. The average Bonchev–Trinajstić information content (AvgIpc) is 3.44. The van der Waals surface area contributed by atoms with Gasteiger partial charge in [0, 0.05) is 67.9 Å². The Morgan fingerprint density at radius 1 is 1.00 bits per heavy atom. The first-order valence-corrected chi connectivity index (χ1v) is 16.2. The quantitative estimate of drug-likeness (QED) is 0.232. The first-order valence-electron chi connectivity index (χ1n) is 14.6. The van der Waals surface area contributed by atoms with Crippen LogP contribution in [0.2, 0.25) is 0 Å². The number of aryl methyl sites for hydroxylation is 1. The van der Waals surface area contributed by atoms with Crippen molar-refractivity contribution in [3.63, 3.8) is 0 Å². The van der Waals surface area contributed by atoms with Crippen LogP contribution in [0, 0.1) is 6.92 Å². The van der Waals surface area contributed by atoms with Crippen LogP contribution >= 0.6 is 23.5 Å². The van der Waals surface area contributed by atoms with E-state index in [1.165, 1.54) is 31.6 Å². The minimum atomic E-state index is -0.0818. The normalized spacial score (nSPS) is 19.3. The van der Waals surface area contributed by atoms with E-state index in [0.717, 1.165) is 54.4 Å². The predicted octanol–water partition coefficient (Wildman–Crippen LogP) is 6.45. The average molecular weight is 598 g/mol. The fourth-order valence-corrected chi connectivity index (χ4v) is 8.56. The van der Waals surface area contributed by atoms with Crippen LogP contribution in [-0.4, -0.2) is 60.8 Å². The molecule has 0 amide bonds. The molecule has 9 heteroatoms. The number of fused-ring (bicyclic) bond motifs is 2. The Bertz CT molecular complexity index is 1650. The lowest BCUT2D eigenvalue weighted by molar-refractivity contribution is 0.122. The van der Waals surface area contributed by atoms with Gasteiger partial charge in [0.05, 0.1) is 30.6 Å². The van der Waals surface area contributed by atoms with Gasteiger partial charge < -0.3 is 24.8 Å².